The molecule has 3 heteroatoms. The number of hydrogen-bond acceptors (Lipinski definition) is 3. The molecule has 0 bridgehead atoms. The summed E-state index contributed by atoms with van der Waals surface area (Å²) in [6.45, 7) is 2.17. The molecular formula is C4H11NO2. The van der Waals surface area contributed by atoms with E-state index in [1.807, 2.05) is 0 Å². The third-order valence-corrected chi connectivity index (χ3v) is 0.523. The lowest BCUT2D eigenvalue weighted by Gasteiger charge is -2.01. The van der Waals surface area contributed by atoms with Gasteiger partial charge in [0.15, 0.2) is 0 Å². The van der Waals surface area contributed by atoms with Crippen LogP contribution in [-0.4, -0.2) is 24.9 Å². The second-order valence-electron chi connectivity index (χ2n) is 1.40. The number of aliphatic hydroxyl groups excluding tert-OH is 1. The average molecular weight is 105 g/mol. The lowest BCUT2D eigenvalue weighted by atomic mass is 10.4. The molecule has 0 radical (unpaired) electrons. The first-order chi connectivity index (χ1) is 3.27. The van der Waals surface area contributed by atoms with Gasteiger partial charge in [0.1, 0.15) is 0 Å². The molecular weight excluding hydrogens is 94.0 g/mol. The maximum absolute atomic E-state index is 8.54. The molecule has 0 rings (SSSR count). The molecule has 0 aliphatic carbocycles. The van der Waals surface area contributed by atoms with Gasteiger partial charge in [-0.25, -0.2) is 5.48 Å². The second-order valence-corrected chi connectivity index (χ2v) is 1.40. The molecule has 0 aliphatic rings. The van der Waals surface area contributed by atoms with Crippen molar-refractivity contribution >= 4 is 0 Å². The van der Waals surface area contributed by atoms with Crippen molar-refractivity contribution in [1.82, 2.24) is 5.48 Å². The highest BCUT2D eigenvalue weighted by atomic mass is 16.6. The molecule has 7 heavy (non-hydrogen) atoms. The van der Waals surface area contributed by atoms with Crippen LogP contribution in [0, 0.1) is 0 Å². The van der Waals surface area contributed by atoms with E-state index in [1.165, 1.54) is 7.11 Å². The van der Waals surface area contributed by atoms with Gasteiger partial charge in [-0.3, -0.25) is 0 Å². The Balaban J connectivity index is 2.68. The van der Waals surface area contributed by atoms with E-state index in [4.69, 9.17) is 5.11 Å². The van der Waals surface area contributed by atoms with Crippen molar-refractivity contribution in [2.75, 3.05) is 13.7 Å². The first-order valence-corrected chi connectivity index (χ1v) is 2.21. The molecule has 0 saturated carbocycles. The van der Waals surface area contributed by atoms with Gasteiger partial charge in [0.05, 0.1) is 13.2 Å². The minimum absolute atomic E-state index is 0.333. The van der Waals surface area contributed by atoms with E-state index in [9.17, 15) is 0 Å². The third kappa shape index (κ3) is 5.88. The standard InChI is InChI=1S/C4H11NO2/c1-4(6)3-5-7-2/h4-6H,3H2,1-2H3. The SMILES string of the molecule is CONCC(C)O. The van der Waals surface area contributed by atoms with Crippen LogP contribution in [0.5, 0.6) is 0 Å². The molecule has 0 heterocycles. The molecule has 0 saturated heterocycles. The molecule has 0 aliphatic heterocycles. The molecule has 0 aromatic heterocycles. The quantitative estimate of drug-likeness (QED) is 0.476. The van der Waals surface area contributed by atoms with Gasteiger partial charge in [-0.15, -0.1) is 0 Å². The summed E-state index contributed by atoms with van der Waals surface area (Å²) < 4.78 is 0. The maximum Gasteiger partial charge on any atom is 0.0659 e. The molecule has 0 amide bonds. The van der Waals surface area contributed by atoms with Crippen molar-refractivity contribution in [3.05, 3.63) is 0 Å². The predicted molar refractivity (Wildman–Crippen MR) is 26.7 cm³/mol. The van der Waals surface area contributed by atoms with Gasteiger partial charge in [-0.2, -0.15) is 0 Å². The fourth-order valence-corrected chi connectivity index (χ4v) is 0.204. The largest absolute Gasteiger partial charge is 0.392 e. The minimum Gasteiger partial charge on any atom is -0.392 e. The Kier molecular flexibility index (Phi) is 3.98. The molecule has 1 unspecified atom stereocenters. The van der Waals surface area contributed by atoms with Gasteiger partial charge in [-0.1, -0.05) is 0 Å². The summed E-state index contributed by atoms with van der Waals surface area (Å²) in [5, 5.41) is 8.54. The highest BCUT2D eigenvalue weighted by Crippen LogP contribution is 1.71. The van der Waals surface area contributed by atoms with Crippen LogP contribution in [0.4, 0.5) is 0 Å². The molecule has 3 nitrogen and oxygen atoms in total. The number of hydroxylamine groups is 1. The van der Waals surface area contributed by atoms with Gasteiger partial charge in [0, 0.05) is 6.54 Å². The highest BCUT2D eigenvalue weighted by Gasteiger charge is 1.89. The average Bonchev–Trinajstić information content (AvgIpc) is 1.61. The fourth-order valence-electron chi connectivity index (χ4n) is 0.204. The molecule has 2 N–H and O–H groups in total. The van der Waals surface area contributed by atoms with Crippen LogP contribution in [0.1, 0.15) is 6.92 Å². The van der Waals surface area contributed by atoms with Crippen LogP contribution >= 0.6 is 0 Å². The number of aliphatic hydroxyl groups is 1. The van der Waals surface area contributed by atoms with E-state index in [1.54, 1.807) is 6.92 Å². The number of nitrogens with one attached hydrogen (secondary N) is 1. The number of rotatable bonds is 3. The van der Waals surface area contributed by atoms with Gasteiger partial charge in [-0.05, 0) is 6.92 Å². The zero-order valence-corrected chi connectivity index (χ0v) is 4.64. The highest BCUT2D eigenvalue weighted by molar-refractivity contribution is 4.42. The lowest BCUT2D eigenvalue weighted by Crippen LogP contribution is -2.22. The van der Waals surface area contributed by atoms with Crippen LogP contribution < -0.4 is 5.48 Å². The second kappa shape index (κ2) is 4.05. The molecule has 0 aromatic carbocycles. The van der Waals surface area contributed by atoms with Crippen LogP contribution in [0.2, 0.25) is 0 Å². The van der Waals surface area contributed by atoms with Crippen molar-refractivity contribution in [1.29, 1.82) is 0 Å². The Morgan fingerprint density at radius 3 is 2.57 bits per heavy atom. The Morgan fingerprint density at radius 1 is 1.86 bits per heavy atom. The Morgan fingerprint density at radius 2 is 2.43 bits per heavy atom. The zero-order chi connectivity index (χ0) is 5.70. The van der Waals surface area contributed by atoms with Crippen molar-refractivity contribution in [3.8, 4) is 0 Å². The van der Waals surface area contributed by atoms with Crippen molar-refractivity contribution in [2.24, 2.45) is 0 Å². The normalized spacial score (nSPS) is 14.1. The van der Waals surface area contributed by atoms with Crippen molar-refractivity contribution < 1.29 is 9.94 Å². The smallest absolute Gasteiger partial charge is 0.0659 e. The summed E-state index contributed by atoms with van der Waals surface area (Å²) in [7, 11) is 1.52. The zero-order valence-electron chi connectivity index (χ0n) is 4.64. The van der Waals surface area contributed by atoms with E-state index in [2.05, 4.69) is 10.3 Å². The Hall–Kier alpha value is -0.120. The first kappa shape index (κ1) is 6.88. The fraction of sp³-hybridized carbons (Fsp3) is 1.00. The van der Waals surface area contributed by atoms with Crippen LogP contribution in [0.3, 0.4) is 0 Å². The Labute approximate surface area is 43.2 Å². The molecule has 1 atom stereocenters. The van der Waals surface area contributed by atoms with Crippen molar-refractivity contribution in [3.63, 3.8) is 0 Å². The third-order valence-electron chi connectivity index (χ3n) is 0.523. The van der Waals surface area contributed by atoms with E-state index in [0.717, 1.165) is 0 Å². The molecule has 0 fully saturated rings. The van der Waals surface area contributed by atoms with Crippen LogP contribution in [0.25, 0.3) is 0 Å². The summed E-state index contributed by atoms with van der Waals surface area (Å²) in [4.78, 5) is 4.44. The lowest BCUT2D eigenvalue weighted by molar-refractivity contribution is 0.0558. The number of hydrogen-bond donors (Lipinski definition) is 2. The summed E-state index contributed by atoms with van der Waals surface area (Å²) in [6.07, 6.45) is -0.333. The minimum atomic E-state index is -0.333. The summed E-state index contributed by atoms with van der Waals surface area (Å²) >= 11 is 0. The van der Waals surface area contributed by atoms with E-state index >= 15 is 0 Å². The summed E-state index contributed by atoms with van der Waals surface area (Å²) in [6, 6.07) is 0. The topological polar surface area (TPSA) is 41.5 Å². The first-order valence-electron chi connectivity index (χ1n) is 2.21. The van der Waals surface area contributed by atoms with E-state index in [0.29, 0.717) is 6.54 Å². The van der Waals surface area contributed by atoms with Gasteiger partial charge in [0.25, 0.3) is 0 Å². The van der Waals surface area contributed by atoms with Crippen LogP contribution in [0.15, 0.2) is 0 Å². The Bertz CT molecular complexity index is 38.7. The molecule has 0 spiro atoms. The monoisotopic (exact) mass is 105 g/mol. The summed E-state index contributed by atoms with van der Waals surface area (Å²) in [5.41, 5.74) is 2.50. The van der Waals surface area contributed by atoms with Gasteiger partial charge in [0.2, 0.25) is 0 Å². The predicted octanol–water partition coefficient (Wildman–Crippen LogP) is -0.482. The van der Waals surface area contributed by atoms with Gasteiger partial charge >= 0.3 is 0 Å². The molecule has 0 aromatic rings. The van der Waals surface area contributed by atoms with E-state index in [-0.39, 0.29) is 6.10 Å². The van der Waals surface area contributed by atoms with Crippen LogP contribution in [-0.2, 0) is 4.84 Å². The van der Waals surface area contributed by atoms with E-state index < -0.39 is 0 Å². The van der Waals surface area contributed by atoms with Crippen molar-refractivity contribution in [2.45, 2.75) is 13.0 Å². The maximum atomic E-state index is 8.54. The molecule has 44 valence electrons. The summed E-state index contributed by atoms with van der Waals surface area (Å²) in [5.74, 6) is 0. The van der Waals surface area contributed by atoms with Gasteiger partial charge < -0.3 is 9.94 Å².